The molecule has 286 valence electrons. The second-order valence-electron chi connectivity index (χ2n) is 14.5. The number of nitrogens with one attached hydrogen (secondary N) is 4. The summed E-state index contributed by atoms with van der Waals surface area (Å²) in [6.45, 7) is 8.49. The highest BCUT2D eigenvalue weighted by atomic mass is 16.5. The van der Waals surface area contributed by atoms with Crippen molar-refractivity contribution in [3.63, 3.8) is 0 Å². The van der Waals surface area contributed by atoms with Crippen LogP contribution in [0.3, 0.4) is 0 Å². The van der Waals surface area contributed by atoms with E-state index >= 15 is 0 Å². The largest absolute Gasteiger partial charge is 0.465 e. The van der Waals surface area contributed by atoms with E-state index in [4.69, 9.17) is 4.74 Å². The molecule has 0 spiro atoms. The Labute approximate surface area is 319 Å². The Morgan fingerprint density at radius 1 is 0.800 bits per heavy atom. The number of hydrogen-bond donors (Lipinski definition) is 5. The van der Waals surface area contributed by atoms with Crippen molar-refractivity contribution in [2.24, 2.45) is 11.8 Å². The van der Waals surface area contributed by atoms with Gasteiger partial charge < -0.3 is 40.2 Å². The zero-order chi connectivity index (χ0) is 39.2. The molecule has 14 nitrogen and oxygen atoms in total. The van der Waals surface area contributed by atoms with E-state index in [1.54, 1.807) is 22.2 Å². The van der Waals surface area contributed by atoms with Crippen LogP contribution in [0.4, 0.5) is 9.59 Å². The molecule has 2 saturated heterocycles. The van der Waals surface area contributed by atoms with Crippen LogP contribution in [0.2, 0.25) is 0 Å². The summed E-state index contributed by atoms with van der Waals surface area (Å²) in [5.74, 6) is 12.7. The van der Waals surface area contributed by atoms with Crippen molar-refractivity contribution >= 4 is 34.8 Å². The normalized spacial score (nSPS) is 17.7. The number of benzene rings is 2. The van der Waals surface area contributed by atoms with Crippen LogP contribution in [0.1, 0.15) is 88.4 Å². The van der Waals surface area contributed by atoms with E-state index in [1.807, 2.05) is 64.1 Å². The Morgan fingerprint density at radius 2 is 1.38 bits per heavy atom. The number of aromatic nitrogens is 4. The number of imidazole rings is 2. The highest BCUT2D eigenvalue weighted by Gasteiger charge is 2.38. The number of carbonyl (C=O) groups excluding carboxylic acids is 3. The number of likely N-dealkylation sites (tertiary alicyclic amines) is 2. The summed E-state index contributed by atoms with van der Waals surface area (Å²) in [6, 6.07) is 9.79. The van der Waals surface area contributed by atoms with Gasteiger partial charge in [0.15, 0.2) is 0 Å². The fourth-order valence-electron chi connectivity index (χ4n) is 7.39. The molecule has 2 fully saturated rings. The molecule has 4 aromatic rings. The lowest BCUT2D eigenvalue weighted by Gasteiger charge is -2.29. The molecule has 0 saturated carbocycles. The van der Waals surface area contributed by atoms with E-state index < -0.39 is 24.3 Å². The van der Waals surface area contributed by atoms with Gasteiger partial charge in [0.25, 0.3) is 0 Å². The number of hydrogen-bond acceptors (Lipinski definition) is 7. The minimum atomic E-state index is -1.22. The molecule has 2 aliphatic heterocycles. The van der Waals surface area contributed by atoms with Crippen LogP contribution in [0.5, 0.6) is 0 Å². The van der Waals surface area contributed by atoms with Crippen LogP contribution < -0.4 is 10.6 Å². The fourth-order valence-corrected chi connectivity index (χ4v) is 7.39. The van der Waals surface area contributed by atoms with Crippen LogP contribution >= 0.6 is 0 Å². The minimum Gasteiger partial charge on any atom is -0.465 e. The van der Waals surface area contributed by atoms with Crippen LogP contribution in [0.25, 0.3) is 22.0 Å². The summed E-state index contributed by atoms with van der Waals surface area (Å²) in [4.78, 5) is 69.6. The van der Waals surface area contributed by atoms with Gasteiger partial charge in [0.05, 0.1) is 37.3 Å². The molecule has 0 bridgehead atoms. The predicted octanol–water partition coefficient (Wildman–Crippen LogP) is 5.36. The fraction of sp³-hybridized carbons (Fsp3) is 0.415. The third-order valence-electron chi connectivity index (χ3n) is 10.2. The van der Waals surface area contributed by atoms with Crippen LogP contribution in [-0.4, -0.2) is 91.1 Å². The van der Waals surface area contributed by atoms with E-state index in [1.165, 1.54) is 7.11 Å². The molecular formula is C41H46N8O6. The molecular weight excluding hydrogens is 701 g/mol. The second kappa shape index (κ2) is 16.8. The second-order valence-corrected chi connectivity index (χ2v) is 14.5. The molecule has 14 heteroatoms. The number of methoxy groups -OCH3 is 1. The molecule has 6 rings (SSSR count). The summed E-state index contributed by atoms with van der Waals surface area (Å²) in [5.41, 5.74) is 3.11. The Hall–Kier alpha value is -6.28. The van der Waals surface area contributed by atoms with Crippen molar-refractivity contribution in [2.75, 3.05) is 20.2 Å². The Morgan fingerprint density at radius 3 is 2.00 bits per heavy atom. The molecule has 0 radical (unpaired) electrons. The third-order valence-corrected chi connectivity index (χ3v) is 10.2. The minimum absolute atomic E-state index is 0.127. The highest BCUT2D eigenvalue weighted by Crippen LogP contribution is 2.35. The van der Waals surface area contributed by atoms with Gasteiger partial charge in [-0.25, -0.2) is 19.6 Å². The summed E-state index contributed by atoms with van der Waals surface area (Å²) >= 11 is 0. The number of rotatable bonds is 9. The maximum absolute atomic E-state index is 13.5. The number of fused-ring (bicyclic) bond motifs is 1. The van der Waals surface area contributed by atoms with Crippen molar-refractivity contribution in [3.8, 4) is 34.9 Å². The number of nitrogens with zero attached hydrogens (tertiary/aromatic N) is 4. The molecule has 4 amide bonds. The van der Waals surface area contributed by atoms with Gasteiger partial charge in [-0.3, -0.25) is 9.59 Å². The van der Waals surface area contributed by atoms with E-state index in [9.17, 15) is 24.3 Å². The van der Waals surface area contributed by atoms with Gasteiger partial charge in [-0.15, -0.1) is 0 Å². The van der Waals surface area contributed by atoms with E-state index in [0.29, 0.717) is 30.4 Å². The first-order valence-corrected chi connectivity index (χ1v) is 18.6. The van der Waals surface area contributed by atoms with Crippen molar-refractivity contribution < 1.29 is 29.0 Å². The number of alkyl carbamates (subject to hydrolysis) is 1. The van der Waals surface area contributed by atoms with E-state index in [0.717, 1.165) is 53.3 Å². The van der Waals surface area contributed by atoms with Crippen LogP contribution in [0, 0.1) is 35.5 Å². The number of carboxylic acid groups (broad SMARTS) is 1. The molecule has 55 heavy (non-hydrogen) atoms. The SMILES string of the molecule is COC(=O)NC(C(=O)N1CCCC1c1ncc(C#CC#Cc2ccc(-c3cnc(C4CCCN4C(=O)[C@@H](NC(=O)O)C(C)C)[nH]3)c3ccccc23)[nH]1)C(C)C. The maximum Gasteiger partial charge on any atom is 0.407 e. The van der Waals surface area contributed by atoms with Gasteiger partial charge in [0.2, 0.25) is 11.8 Å². The summed E-state index contributed by atoms with van der Waals surface area (Å²) in [7, 11) is 1.27. The number of carbonyl (C=O) groups is 4. The molecule has 0 aliphatic carbocycles. The molecule has 5 N–H and O–H groups in total. The topological polar surface area (TPSA) is 186 Å². The van der Waals surface area contributed by atoms with Crippen molar-refractivity contribution in [3.05, 3.63) is 71.7 Å². The number of aromatic amines is 2. The number of H-pyrrole nitrogens is 2. The van der Waals surface area contributed by atoms with Crippen molar-refractivity contribution in [2.45, 2.75) is 77.5 Å². The van der Waals surface area contributed by atoms with Gasteiger partial charge in [0.1, 0.15) is 29.4 Å². The van der Waals surface area contributed by atoms with Gasteiger partial charge in [0, 0.05) is 24.2 Å². The first-order valence-electron chi connectivity index (χ1n) is 18.6. The van der Waals surface area contributed by atoms with E-state index in [-0.39, 0.29) is 35.7 Å². The van der Waals surface area contributed by atoms with Gasteiger partial charge in [-0.2, -0.15) is 0 Å². The van der Waals surface area contributed by atoms with Gasteiger partial charge >= 0.3 is 12.2 Å². The lowest BCUT2D eigenvalue weighted by molar-refractivity contribution is -0.136. The quantitative estimate of drug-likeness (QED) is 0.142. The standard InChI is InChI=1S/C41H46N8O6/c1-24(2)34(46-40(52)53)38(50)49-21-11-17-33(49)37-43-23-31(45-37)30-19-18-26(28-14-8-9-15-29(28)30)12-6-7-13-27-22-42-36(44-27)32-16-10-20-48(32)39(51)35(25(3)4)47-41(54)55-5/h8-9,14-15,18-19,22-25,32-35,46H,10-11,16-17,20-21H2,1-5H3,(H,42,44)(H,43,45)(H,47,54)(H,52,53)/t32?,33?,34-,35?/m0/s1. The summed E-state index contributed by atoms with van der Waals surface area (Å²) in [5, 5.41) is 16.3. The van der Waals surface area contributed by atoms with Gasteiger partial charge in [-0.05, 0) is 72.1 Å². The predicted molar refractivity (Wildman–Crippen MR) is 205 cm³/mol. The Balaban J connectivity index is 1.17. The van der Waals surface area contributed by atoms with Gasteiger partial charge in [-0.1, -0.05) is 63.9 Å². The smallest absolute Gasteiger partial charge is 0.407 e. The zero-order valence-corrected chi connectivity index (χ0v) is 31.6. The third kappa shape index (κ3) is 8.44. The first kappa shape index (κ1) is 38.4. The lowest BCUT2D eigenvalue weighted by atomic mass is 9.98. The zero-order valence-electron chi connectivity index (χ0n) is 31.6. The average Bonchev–Trinajstić information content (AvgIpc) is 4.00. The first-order chi connectivity index (χ1) is 26.5. The lowest BCUT2D eigenvalue weighted by Crippen LogP contribution is -2.51. The number of amides is 4. The summed E-state index contributed by atoms with van der Waals surface area (Å²) < 4.78 is 4.73. The molecule has 2 aromatic heterocycles. The Kier molecular flexibility index (Phi) is 11.7. The van der Waals surface area contributed by atoms with Crippen molar-refractivity contribution in [1.82, 2.24) is 40.4 Å². The molecule has 2 aliphatic rings. The van der Waals surface area contributed by atoms with Crippen LogP contribution in [-0.2, 0) is 14.3 Å². The monoisotopic (exact) mass is 746 g/mol. The molecule has 2 aromatic carbocycles. The molecule has 4 heterocycles. The Bertz CT molecular complexity index is 2200. The highest BCUT2D eigenvalue weighted by molar-refractivity contribution is 5.99. The number of ether oxygens (including phenoxy) is 1. The maximum atomic E-state index is 13.5. The van der Waals surface area contributed by atoms with Crippen LogP contribution in [0.15, 0.2) is 48.8 Å². The molecule has 3 unspecified atom stereocenters. The van der Waals surface area contributed by atoms with Crippen molar-refractivity contribution in [1.29, 1.82) is 0 Å². The average molecular weight is 747 g/mol. The van der Waals surface area contributed by atoms with E-state index in [2.05, 4.69) is 54.3 Å². The molecule has 4 atom stereocenters. The summed E-state index contributed by atoms with van der Waals surface area (Å²) in [6.07, 6.45) is 4.60.